The van der Waals surface area contributed by atoms with E-state index < -0.39 is 0 Å². The summed E-state index contributed by atoms with van der Waals surface area (Å²) in [6.07, 6.45) is 2.14. The first-order valence-corrected chi connectivity index (χ1v) is 8.89. The number of thiophene rings is 1. The Morgan fingerprint density at radius 3 is 2.74 bits per heavy atom. The molecule has 1 aromatic rings. The molecule has 2 rings (SSSR count). The summed E-state index contributed by atoms with van der Waals surface area (Å²) in [4.78, 5) is 14.6. The van der Waals surface area contributed by atoms with E-state index in [0.717, 1.165) is 6.54 Å². The number of rotatable bonds is 5. The molecule has 0 spiro atoms. The van der Waals surface area contributed by atoms with Crippen molar-refractivity contribution < 1.29 is 4.79 Å². The van der Waals surface area contributed by atoms with Gasteiger partial charge in [0, 0.05) is 11.8 Å². The fourth-order valence-corrected chi connectivity index (χ4v) is 3.36. The number of carbonyl (C=O) groups excluding carboxylic acids is 1. The van der Waals surface area contributed by atoms with Crippen molar-refractivity contribution in [1.29, 1.82) is 0 Å². The predicted molar refractivity (Wildman–Crippen MR) is 83.5 cm³/mol. The maximum absolute atomic E-state index is 12.6. The van der Waals surface area contributed by atoms with Gasteiger partial charge in [0.2, 0.25) is 5.91 Å². The maximum atomic E-state index is 12.6. The minimum Gasteiger partial charge on any atom is -0.320 e. The number of nitrogens with zero attached hydrogens (tertiary/aromatic N) is 1. The van der Waals surface area contributed by atoms with Crippen LogP contribution < -0.4 is 5.32 Å². The van der Waals surface area contributed by atoms with E-state index in [9.17, 15) is 4.79 Å². The molecule has 1 aliphatic rings. The Bertz CT molecular complexity index is 419. The van der Waals surface area contributed by atoms with Crippen molar-refractivity contribution in [3.05, 3.63) is 22.4 Å². The Morgan fingerprint density at radius 1 is 1.47 bits per heavy atom. The Hall–Kier alpha value is -0.520. The molecule has 0 radical (unpaired) electrons. The van der Waals surface area contributed by atoms with Crippen LogP contribution in [0.4, 0.5) is 0 Å². The second-order valence-electron chi connectivity index (χ2n) is 5.38. The van der Waals surface area contributed by atoms with Crippen LogP contribution in [0.5, 0.6) is 0 Å². The third kappa shape index (κ3) is 3.15. The summed E-state index contributed by atoms with van der Waals surface area (Å²) >= 11 is 3.48. The van der Waals surface area contributed by atoms with E-state index in [-0.39, 0.29) is 18.1 Å². The zero-order valence-electron chi connectivity index (χ0n) is 11.9. The van der Waals surface area contributed by atoms with Crippen molar-refractivity contribution in [2.24, 2.45) is 5.92 Å². The molecular weight excluding hydrogens is 276 g/mol. The molecule has 106 valence electrons. The molecule has 1 fully saturated rings. The van der Waals surface area contributed by atoms with Crippen molar-refractivity contribution in [2.45, 2.75) is 38.2 Å². The predicted octanol–water partition coefficient (Wildman–Crippen LogP) is 2.95. The lowest BCUT2D eigenvalue weighted by Gasteiger charge is -2.26. The van der Waals surface area contributed by atoms with Gasteiger partial charge >= 0.3 is 0 Å². The van der Waals surface area contributed by atoms with Crippen molar-refractivity contribution in [1.82, 2.24) is 10.2 Å². The molecule has 0 bridgehead atoms. The van der Waals surface area contributed by atoms with E-state index in [1.54, 1.807) is 23.1 Å². The van der Waals surface area contributed by atoms with Crippen molar-refractivity contribution in [2.75, 3.05) is 12.8 Å². The van der Waals surface area contributed by atoms with Gasteiger partial charge in [0.05, 0.1) is 6.04 Å². The highest BCUT2D eigenvalue weighted by molar-refractivity contribution is 7.99. The highest BCUT2D eigenvalue weighted by Crippen LogP contribution is 2.30. The molecule has 3 atom stereocenters. The van der Waals surface area contributed by atoms with Gasteiger partial charge in [-0.25, -0.2) is 0 Å². The van der Waals surface area contributed by atoms with Gasteiger partial charge in [-0.2, -0.15) is 23.1 Å². The van der Waals surface area contributed by atoms with E-state index in [4.69, 9.17) is 0 Å². The second kappa shape index (κ2) is 6.29. The van der Waals surface area contributed by atoms with Crippen LogP contribution in [0.15, 0.2) is 16.8 Å². The first kappa shape index (κ1) is 14.9. The highest BCUT2D eigenvalue weighted by atomic mass is 32.2. The fourth-order valence-electron chi connectivity index (χ4n) is 2.37. The Balaban J connectivity index is 2.21. The molecule has 0 aliphatic carbocycles. The Kier molecular flexibility index (Phi) is 4.92. The zero-order valence-corrected chi connectivity index (χ0v) is 13.6. The smallest absolute Gasteiger partial charge is 0.241 e. The quantitative estimate of drug-likeness (QED) is 0.907. The summed E-state index contributed by atoms with van der Waals surface area (Å²) in [5, 5.41) is 8.15. The molecule has 1 saturated heterocycles. The number of amides is 1. The highest BCUT2D eigenvalue weighted by Gasteiger charge is 2.41. The van der Waals surface area contributed by atoms with Crippen LogP contribution >= 0.6 is 23.1 Å². The third-order valence-electron chi connectivity index (χ3n) is 3.58. The molecule has 1 aromatic heterocycles. The van der Waals surface area contributed by atoms with Gasteiger partial charge in [-0.3, -0.25) is 10.1 Å². The maximum Gasteiger partial charge on any atom is 0.241 e. The fraction of sp³-hybridized carbons (Fsp3) is 0.643. The van der Waals surface area contributed by atoms with E-state index in [0.29, 0.717) is 11.2 Å². The Labute approximate surface area is 123 Å². The summed E-state index contributed by atoms with van der Waals surface area (Å²) in [5.74, 6) is 0.565. The molecule has 3 unspecified atom stereocenters. The summed E-state index contributed by atoms with van der Waals surface area (Å²) in [6, 6.07) is 2.05. The number of hydrogen-bond acceptors (Lipinski definition) is 4. The first-order valence-electron chi connectivity index (χ1n) is 6.66. The minimum atomic E-state index is -0.0565. The van der Waals surface area contributed by atoms with E-state index in [1.165, 1.54) is 5.56 Å². The standard InChI is InChI=1S/C14H22N2OS2/c1-9(2)12-14(17)16(7-10(3)18-4)13(15-12)11-5-6-19-8-11/h5-6,8-10,12-13,15H,7H2,1-4H3. The molecule has 5 heteroatoms. The van der Waals surface area contributed by atoms with Gasteiger partial charge in [-0.1, -0.05) is 20.8 Å². The average molecular weight is 298 g/mol. The average Bonchev–Trinajstić information content (AvgIpc) is 2.98. The van der Waals surface area contributed by atoms with Gasteiger partial charge in [-0.05, 0) is 34.6 Å². The van der Waals surface area contributed by atoms with Crippen LogP contribution in [0.2, 0.25) is 0 Å². The van der Waals surface area contributed by atoms with E-state index in [1.807, 2.05) is 4.90 Å². The van der Waals surface area contributed by atoms with E-state index in [2.05, 4.69) is 49.2 Å². The lowest BCUT2D eigenvalue weighted by molar-refractivity contribution is -0.130. The van der Waals surface area contributed by atoms with Crippen LogP contribution in [0.1, 0.15) is 32.5 Å². The van der Waals surface area contributed by atoms with Crippen molar-refractivity contribution >= 4 is 29.0 Å². The summed E-state index contributed by atoms with van der Waals surface area (Å²) in [7, 11) is 0. The van der Waals surface area contributed by atoms with Crippen LogP contribution in [-0.2, 0) is 4.79 Å². The van der Waals surface area contributed by atoms with Gasteiger partial charge in [0.25, 0.3) is 0 Å². The minimum absolute atomic E-state index is 0.0424. The molecule has 1 N–H and O–H groups in total. The summed E-state index contributed by atoms with van der Waals surface area (Å²) in [5.41, 5.74) is 1.20. The first-order chi connectivity index (χ1) is 9.04. The molecule has 1 amide bonds. The van der Waals surface area contributed by atoms with Crippen LogP contribution in [0.3, 0.4) is 0 Å². The van der Waals surface area contributed by atoms with Crippen LogP contribution in [0, 0.1) is 5.92 Å². The molecule has 3 nitrogen and oxygen atoms in total. The van der Waals surface area contributed by atoms with E-state index >= 15 is 0 Å². The molecule has 0 aromatic carbocycles. The molecular formula is C14H22N2OS2. The Morgan fingerprint density at radius 2 is 2.21 bits per heavy atom. The van der Waals surface area contributed by atoms with Crippen molar-refractivity contribution in [3.8, 4) is 0 Å². The molecule has 2 heterocycles. The lowest BCUT2D eigenvalue weighted by atomic mass is 10.1. The van der Waals surface area contributed by atoms with Crippen LogP contribution in [0.25, 0.3) is 0 Å². The SMILES string of the molecule is CSC(C)CN1C(=O)C(C(C)C)NC1c1ccsc1. The van der Waals surface area contributed by atoms with Gasteiger partial charge in [-0.15, -0.1) is 0 Å². The molecule has 19 heavy (non-hydrogen) atoms. The summed E-state index contributed by atoms with van der Waals surface area (Å²) < 4.78 is 0. The van der Waals surface area contributed by atoms with Gasteiger partial charge in [0.15, 0.2) is 0 Å². The largest absolute Gasteiger partial charge is 0.320 e. The second-order valence-corrected chi connectivity index (χ2v) is 7.44. The molecule has 0 saturated carbocycles. The number of nitrogens with one attached hydrogen (secondary N) is 1. The zero-order chi connectivity index (χ0) is 14.0. The monoisotopic (exact) mass is 298 g/mol. The number of hydrogen-bond donors (Lipinski definition) is 1. The van der Waals surface area contributed by atoms with Crippen molar-refractivity contribution in [3.63, 3.8) is 0 Å². The lowest BCUT2D eigenvalue weighted by Crippen LogP contribution is -2.36. The topological polar surface area (TPSA) is 32.3 Å². The normalized spacial score (nSPS) is 25.3. The van der Waals surface area contributed by atoms with Gasteiger partial charge in [0.1, 0.15) is 6.17 Å². The number of thioether (sulfide) groups is 1. The van der Waals surface area contributed by atoms with Gasteiger partial charge < -0.3 is 4.90 Å². The summed E-state index contributed by atoms with van der Waals surface area (Å²) in [6.45, 7) is 7.17. The number of carbonyl (C=O) groups is 1. The third-order valence-corrected chi connectivity index (χ3v) is 5.24. The van der Waals surface area contributed by atoms with Crippen LogP contribution in [-0.4, -0.2) is 34.9 Å². The molecule has 1 aliphatic heterocycles.